The van der Waals surface area contributed by atoms with Crippen LogP contribution in [0.25, 0.3) is 0 Å². The maximum absolute atomic E-state index is 11.9. The molecule has 0 aliphatic carbocycles. The van der Waals surface area contributed by atoms with Crippen molar-refractivity contribution in [2.24, 2.45) is 0 Å². The van der Waals surface area contributed by atoms with Crippen LogP contribution in [-0.4, -0.2) is 41.6 Å². The standard InChI is InChI=1S/C15H23NO5/c1-10(2)20-7-5-6-14(17)16(4)9-12-8-13(15(18)19)11(3)21-12/h8,10H,5-7,9H2,1-4H3,(H,18,19). The Balaban J connectivity index is 2.45. The van der Waals surface area contributed by atoms with E-state index in [1.807, 2.05) is 13.8 Å². The normalized spacial score (nSPS) is 10.9. The first-order valence-electron chi connectivity index (χ1n) is 6.99. The van der Waals surface area contributed by atoms with E-state index in [1.54, 1.807) is 14.0 Å². The number of furan rings is 1. The number of aryl methyl sites for hydroxylation is 1. The van der Waals surface area contributed by atoms with Crippen LogP contribution in [0.4, 0.5) is 0 Å². The molecule has 0 saturated heterocycles. The van der Waals surface area contributed by atoms with Gasteiger partial charge in [0.05, 0.1) is 12.6 Å². The highest BCUT2D eigenvalue weighted by atomic mass is 16.5. The van der Waals surface area contributed by atoms with E-state index in [0.717, 1.165) is 0 Å². The number of hydrogen-bond donors (Lipinski definition) is 1. The second-order valence-corrected chi connectivity index (χ2v) is 5.26. The molecule has 0 aliphatic rings. The second kappa shape index (κ2) is 7.83. The van der Waals surface area contributed by atoms with Gasteiger partial charge in [0, 0.05) is 20.1 Å². The first-order valence-corrected chi connectivity index (χ1v) is 6.99. The van der Waals surface area contributed by atoms with E-state index in [2.05, 4.69) is 0 Å². The molecule has 0 atom stereocenters. The van der Waals surface area contributed by atoms with Crippen LogP contribution >= 0.6 is 0 Å². The molecule has 1 heterocycles. The Morgan fingerprint density at radius 1 is 1.43 bits per heavy atom. The SMILES string of the molecule is Cc1oc(CN(C)C(=O)CCCOC(C)C)cc1C(=O)O. The van der Waals surface area contributed by atoms with Crippen LogP contribution in [-0.2, 0) is 16.1 Å². The number of carbonyl (C=O) groups is 2. The summed E-state index contributed by atoms with van der Waals surface area (Å²) in [5.74, 6) is -0.224. The maximum atomic E-state index is 11.9. The van der Waals surface area contributed by atoms with Crippen LogP contribution in [0, 0.1) is 6.92 Å². The van der Waals surface area contributed by atoms with Crippen molar-refractivity contribution in [3.8, 4) is 0 Å². The molecule has 0 saturated carbocycles. The number of carboxylic acids is 1. The molecule has 1 N–H and O–H groups in total. The van der Waals surface area contributed by atoms with Crippen molar-refractivity contribution in [1.82, 2.24) is 4.90 Å². The van der Waals surface area contributed by atoms with Crippen LogP contribution in [0.2, 0.25) is 0 Å². The van der Waals surface area contributed by atoms with Gasteiger partial charge in [0.15, 0.2) is 0 Å². The molecule has 0 spiro atoms. The third kappa shape index (κ3) is 5.59. The zero-order valence-electron chi connectivity index (χ0n) is 13.0. The van der Waals surface area contributed by atoms with Crippen molar-refractivity contribution in [3.63, 3.8) is 0 Å². The third-order valence-corrected chi connectivity index (χ3v) is 3.00. The number of amides is 1. The first-order chi connectivity index (χ1) is 9.81. The van der Waals surface area contributed by atoms with E-state index in [1.165, 1.54) is 11.0 Å². The summed E-state index contributed by atoms with van der Waals surface area (Å²) in [6.07, 6.45) is 1.23. The van der Waals surface area contributed by atoms with Gasteiger partial charge in [-0.2, -0.15) is 0 Å². The number of carbonyl (C=O) groups excluding carboxylic acids is 1. The van der Waals surface area contributed by atoms with Crippen LogP contribution in [0.15, 0.2) is 10.5 Å². The van der Waals surface area contributed by atoms with Crippen molar-refractivity contribution in [3.05, 3.63) is 23.2 Å². The van der Waals surface area contributed by atoms with Gasteiger partial charge >= 0.3 is 5.97 Å². The number of nitrogens with zero attached hydrogens (tertiary/aromatic N) is 1. The highest BCUT2D eigenvalue weighted by molar-refractivity contribution is 5.88. The van der Waals surface area contributed by atoms with Crippen molar-refractivity contribution < 1.29 is 23.8 Å². The molecule has 0 fully saturated rings. The number of ether oxygens (including phenoxy) is 1. The Morgan fingerprint density at radius 2 is 2.10 bits per heavy atom. The summed E-state index contributed by atoms with van der Waals surface area (Å²) < 4.78 is 10.7. The molecule has 6 heteroatoms. The summed E-state index contributed by atoms with van der Waals surface area (Å²) in [5, 5.41) is 8.96. The molecule has 118 valence electrons. The van der Waals surface area contributed by atoms with Crippen LogP contribution < -0.4 is 0 Å². The average molecular weight is 297 g/mol. The summed E-state index contributed by atoms with van der Waals surface area (Å²) in [7, 11) is 1.67. The van der Waals surface area contributed by atoms with Gasteiger partial charge in [0.1, 0.15) is 17.1 Å². The quantitative estimate of drug-likeness (QED) is 0.745. The van der Waals surface area contributed by atoms with Crippen molar-refractivity contribution in [2.45, 2.75) is 46.3 Å². The molecule has 1 rings (SSSR count). The highest BCUT2D eigenvalue weighted by Crippen LogP contribution is 2.16. The molecular formula is C15H23NO5. The Morgan fingerprint density at radius 3 is 2.62 bits per heavy atom. The monoisotopic (exact) mass is 297 g/mol. The molecular weight excluding hydrogens is 274 g/mol. The van der Waals surface area contributed by atoms with E-state index >= 15 is 0 Å². The van der Waals surface area contributed by atoms with Gasteiger partial charge in [-0.15, -0.1) is 0 Å². The molecule has 1 aromatic rings. The van der Waals surface area contributed by atoms with E-state index in [-0.39, 0.29) is 24.1 Å². The predicted octanol–water partition coefficient (Wildman–Crippen LogP) is 2.45. The van der Waals surface area contributed by atoms with Crippen molar-refractivity contribution in [1.29, 1.82) is 0 Å². The Kier molecular flexibility index (Phi) is 6.42. The largest absolute Gasteiger partial charge is 0.478 e. The van der Waals surface area contributed by atoms with Gasteiger partial charge in [-0.25, -0.2) is 4.79 Å². The van der Waals surface area contributed by atoms with Gasteiger partial charge in [0.25, 0.3) is 0 Å². The van der Waals surface area contributed by atoms with Crippen molar-refractivity contribution >= 4 is 11.9 Å². The van der Waals surface area contributed by atoms with Gasteiger partial charge in [0.2, 0.25) is 5.91 Å². The lowest BCUT2D eigenvalue weighted by molar-refractivity contribution is -0.131. The number of rotatable bonds is 8. The number of carboxylic acid groups (broad SMARTS) is 1. The fraction of sp³-hybridized carbons (Fsp3) is 0.600. The molecule has 0 aromatic carbocycles. The molecule has 0 radical (unpaired) electrons. The first kappa shape index (κ1) is 17.2. The summed E-state index contributed by atoms with van der Waals surface area (Å²) in [4.78, 5) is 24.4. The minimum absolute atomic E-state index is 0.0201. The lowest BCUT2D eigenvalue weighted by Crippen LogP contribution is -2.26. The number of hydrogen-bond acceptors (Lipinski definition) is 4. The zero-order valence-corrected chi connectivity index (χ0v) is 13.0. The van der Waals surface area contributed by atoms with Crippen LogP contribution in [0.1, 0.15) is 48.6 Å². The fourth-order valence-corrected chi connectivity index (χ4v) is 1.89. The Bertz CT molecular complexity index is 492. The highest BCUT2D eigenvalue weighted by Gasteiger charge is 2.16. The van der Waals surface area contributed by atoms with Crippen LogP contribution in [0.3, 0.4) is 0 Å². The summed E-state index contributed by atoms with van der Waals surface area (Å²) in [5.41, 5.74) is 0.135. The second-order valence-electron chi connectivity index (χ2n) is 5.26. The van der Waals surface area contributed by atoms with Gasteiger partial charge in [-0.1, -0.05) is 0 Å². The summed E-state index contributed by atoms with van der Waals surface area (Å²) in [6.45, 7) is 6.32. The topological polar surface area (TPSA) is 80.0 Å². The Labute approximate surface area is 124 Å². The average Bonchev–Trinajstić information content (AvgIpc) is 2.75. The van der Waals surface area contributed by atoms with Gasteiger partial charge in [-0.3, -0.25) is 4.79 Å². The molecule has 21 heavy (non-hydrogen) atoms. The van der Waals surface area contributed by atoms with Crippen LogP contribution in [0.5, 0.6) is 0 Å². The summed E-state index contributed by atoms with van der Waals surface area (Å²) in [6, 6.07) is 1.46. The predicted molar refractivity (Wildman–Crippen MR) is 77.2 cm³/mol. The molecule has 0 aliphatic heterocycles. The van der Waals surface area contributed by atoms with E-state index in [9.17, 15) is 9.59 Å². The lowest BCUT2D eigenvalue weighted by atomic mass is 10.2. The van der Waals surface area contributed by atoms with E-state index < -0.39 is 5.97 Å². The molecule has 0 bridgehead atoms. The maximum Gasteiger partial charge on any atom is 0.339 e. The molecule has 1 amide bonds. The zero-order chi connectivity index (χ0) is 16.0. The third-order valence-electron chi connectivity index (χ3n) is 3.00. The number of aromatic carboxylic acids is 1. The molecule has 6 nitrogen and oxygen atoms in total. The fourth-order valence-electron chi connectivity index (χ4n) is 1.89. The molecule has 0 unspecified atom stereocenters. The van der Waals surface area contributed by atoms with Gasteiger partial charge < -0.3 is 19.2 Å². The van der Waals surface area contributed by atoms with E-state index in [0.29, 0.717) is 31.0 Å². The smallest absolute Gasteiger partial charge is 0.339 e. The Hall–Kier alpha value is -1.82. The summed E-state index contributed by atoms with van der Waals surface area (Å²) >= 11 is 0. The van der Waals surface area contributed by atoms with E-state index in [4.69, 9.17) is 14.3 Å². The minimum atomic E-state index is -1.03. The van der Waals surface area contributed by atoms with Gasteiger partial charge in [-0.05, 0) is 33.3 Å². The lowest BCUT2D eigenvalue weighted by Gasteiger charge is -2.16. The minimum Gasteiger partial charge on any atom is -0.478 e. The molecule has 1 aromatic heterocycles. The van der Waals surface area contributed by atoms with Crippen molar-refractivity contribution in [2.75, 3.05) is 13.7 Å².